The number of aromatic nitrogens is 3. The smallest absolute Gasteiger partial charge is 0.444 e. The quantitative estimate of drug-likeness (QED) is 0.418. The molecule has 4 heterocycles. The van der Waals surface area contributed by atoms with Gasteiger partial charge in [0.25, 0.3) is 0 Å². The van der Waals surface area contributed by atoms with Crippen LogP contribution in [0.2, 0.25) is 0 Å². The fourth-order valence-electron chi connectivity index (χ4n) is 4.93. The van der Waals surface area contributed by atoms with E-state index in [1.54, 1.807) is 23.2 Å². The van der Waals surface area contributed by atoms with Crippen LogP contribution in [0.5, 0.6) is 0 Å². The average Bonchev–Trinajstić information content (AvgIpc) is 3.38. The number of ether oxygens (including phenoxy) is 1. The van der Waals surface area contributed by atoms with E-state index in [0.717, 1.165) is 0 Å². The Kier molecular flexibility index (Phi) is 7.36. The minimum atomic E-state index is -3.86. The number of hydrogen-bond acceptors (Lipinski definition) is 9. The molecule has 0 unspecified atom stereocenters. The normalized spacial score (nSPS) is 19.1. The largest absolute Gasteiger partial charge is 0.497 e. The average molecular weight is 584 g/mol. The van der Waals surface area contributed by atoms with Crippen LogP contribution < -0.4 is 10.4 Å². The lowest BCUT2D eigenvalue weighted by Crippen LogP contribution is -2.50. The van der Waals surface area contributed by atoms with Crippen LogP contribution in [0, 0.1) is 0 Å². The van der Waals surface area contributed by atoms with Crippen molar-refractivity contribution in [2.75, 3.05) is 31.1 Å². The van der Waals surface area contributed by atoms with Crippen LogP contribution in [0.4, 0.5) is 10.6 Å². The molecule has 0 saturated carbocycles. The van der Waals surface area contributed by atoms with Crippen LogP contribution in [0.1, 0.15) is 54.0 Å². The maximum Gasteiger partial charge on any atom is 0.497 e. The Labute approximate surface area is 242 Å². The molecule has 11 nitrogen and oxygen atoms in total. The van der Waals surface area contributed by atoms with Gasteiger partial charge in [0, 0.05) is 37.8 Å². The van der Waals surface area contributed by atoms with E-state index in [4.69, 9.17) is 14.0 Å². The summed E-state index contributed by atoms with van der Waals surface area (Å²) in [5.74, 6) is 0.367. The molecule has 0 spiro atoms. The minimum Gasteiger partial charge on any atom is -0.444 e. The maximum absolute atomic E-state index is 13.8. The van der Waals surface area contributed by atoms with E-state index in [1.165, 1.54) is 10.3 Å². The number of rotatable bonds is 5. The molecule has 5 rings (SSSR count). The van der Waals surface area contributed by atoms with Crippen molar-refractivity contribution in [1.29, 1.82) is 0 Å². The molecule has 2 aliphatic heterocycles. The van der Waals surface area contributed by atoms with Crippen LogP contribution in [0.15, 0.2) is 42.9 Å². The summed E-state index contributed by atoms with van der Waals surface area (Å²) in [5.41, 5.74) is -0.392. The Hall–Kier alpha value is -3.16. The van der Waals surface area contributed by atoms with Crippen molar-refractivity contribution in [2.45, 2.75) is 71.0 Å². The first-order valence-corrected chi connectivity index (χ1v) is 15.4. The third kappa shape index (κ3) is 5.80. The summed E-state index contributed by atoms with van der Waals surface area (Å²) in [6, 6.07) is 9.03. The molecule has 2 saturated heterocycles. The molecule has 2 fully saturated rings. The van der Waals surface area contributed by atoms with Crippen molar-refractivity contribution >= 4 is 45.5 Å². The van der Waals surface area contributed by atoms with Gasteiger partial charge in [-0.1, -0.05) is 30.3 Å². The highest BCUT2D eigenvalue weighted by molar-refractivity contribution is 7.89. The van der Waals surface area contributed by atoms with Gasteiger partial charge >= 0.3 is 13.2 Å². The molecule has 0 N–H and O–H groups in total. The fourth-order valence-corrected chi connectivity index (χ4v) is 6.36. The molecule has 41 heavy (non-hydrogen) atoms. The van der Waals surface area contributed by atoms with Gasteiger partial charge in [0.05, 0.1) is 22.3 Å². The van der Waals surface area contributed by atoms with Crippen molar-refractivity contribution in [2.24, 2.45) is 0 Å². The molecular weight excluding hydrogens is 545 g/mol. The Morgan fingerprint density at radius 1 is 1.00 bits per heavy atom. The molecule has 1 amide bonds. The Morgan fingerprint density at radius 3 is 2.20 bits per heavy atom. The lowest BCUT2D eigenvalue weighted by Gasteiger charge is -2.36. The molecule has 1 aromatic carbocycles. The summed E-state index contributed by atoms with van der Waals surface area (Å²) in [6.07, 6.45) is 2.57. The molecule has 220 valence electrons. The molecule has 0 atom stereocenters. The van der Waals surface area contributed by atoms with E-state index in [-0.39, 0.29) is 17.5 Å². The summed E-state index contributed by atoms with van der Waals surface area (Å²) < 4.78 is 47.0. The van der Waals surface area contributed by atoms with Gasteiger partial charge in [-0.3, -0.25) is 0 Å². The number of anilines is 1. The highest BCUT2D eigenvalue weighted by Crippen LogP contribution is 2.38. The van der Waals surface area contributed by atoms with Crippen molar-refractivity contribution in [3.05, 3.63) is 48.4 Å². The summed E-state index contributed by atoms with van der Waals surface area (Å²) in [5, 5.41) is 0.549. The number of carbonyl (C=O) groups excluding carboxylic acids is 1. The predicted molar refractivity (Wildman–Crippen MR) is 158 cm³/mol. The number of amides is 1. The second kappa shape index (κ2) is 10.3. The molecule has 0 aliphatic carbocycles. The van der Waals surface area contributed by atoms with Crippen LogP contribution in [-0.2, 0) is 29.8 Å². The van der Waals surface area contributed by atoms with Crippen molar-refractivity contribution < 1.29 is 27.3 Å². The number of carbonyl (C=O) groups is 1. The van der Waals surface area contributed by atoms with Crippen molar-refractivity contribution in [3.63, 3.8) is 0 Å². The van der Waals surface area contributed by atoms with Gasteiger partial charge in [-0.2, -0.15) is 0 Å². The molecule has 0 bridgehead atoms. The second-order valence-corrected chi connectivity index (χ2v) is 14.4. The number of benzene rings is 1. The molecule has 3 aromatic rings. The zero-order valence-electron chi connectivity index (χ0n) is 24.7. The van der Waals surface area contributed by atoms with Gasteiger partial charge in [-0.15, -0.1) is 0 Å². The Balaban J connectivity index is 1.55. The number of nitrogens with zero attached hydrogens (tertiary/aromatic N) is 5. The monoisotopic (exact) mass is 583 g/mol. The Morgan fingerprint density at radius 2 is 1.61 bits per heavy atom. The van der Waals surface area contributed by atoms with E-state index in [9.17, 15) is 13.2 Å². The zero-order valence-corrected chi connectivity index (χ0v) is 25.6. The predicted octanol–water partition coefficient (Wildman–Crippen LogP) is 3.17. The number of piperazine rings is 1. The number of fused-ring (bicyclic) bond motifs is 1. The van der Waals surface area contributed by atoms with E-state index in [1.807, 2.05) is 71.6 Å². The van der Waals surface area contributed by atoms with Crippen LogP contribution in [0.25, 0.3) is 11.0 Å². The van der Waals surface area contributed by atoms with Gasteiger partial charge in [-0.25, -0.2) is 27.2 Å². The Bertz CT molecular complexity index is 1530. The summed E-state index contributed by atoms with van der Waals surface area (Å²) in [7, 11) is -4.69. The van der Waals surface area contributed by atoms with E-state index in [2.05, 4.69) is 9.97 Å². The molecular formula is C28H38BN5O6S. The molecule has 2 aliphatic rings. The van der Waals surface area contributed by atoms with E-state index < -0.39 is 33.9 Å². The lowest BCUT2D eigenvalue weighted by atomic mass is 9.79. The minimum absolute atomic E-state index is 0.200. The van der Waals surface area contributed by atoms with Gasteiger partial charge in [-0.05, 0) is 54.0 Å². The van der Waals surface area contributed by atoms with Crippen molar-refractivity contribution in [1.82, 2.24) is 18.8 Å². The standard InChI is InChI=1S/C28H38BN5O6S/c1-26(2,3)38-25(35)33-15-13-32(14-16-33)23-22-21(29-39-27(4,5)28(6,7)40-29)17-34(24(22)31-19-30-23)41(36,37)18-20-11-9-8-10-12-20/h8-12,17,19H,13-16,18H2,1-7H3. The van der Waals surface area contributed by atoms with Crippen molar-refractivity contribution in [3.8, 4) is 0 Å². The third-order valence-corrected chi connectivity index (χ3v) is 9.37. The summed E-state index contributed by atoms with van der Waals surface area (Å²) >= 11 is 0. The van der Waals surface area contributed by atoms with E-state index >= 15 is 0 Å². The summed E-state index contributed by atoms with van der Waals surface area (Å²) in [6.45, 7) is 15.1. The van der Waals surface area contributed by atoms with Gasteiger partial charge < -0.3 is 23.8 Å². The lowest BCUT2D eigenvalue weighted by molar-refractivity contribution is 0.00578. The highest BCUT2D eigenvalue weighted by atomic mass is 32.2. The zero-order chi connectivity index (χ0) is 29.8. The van der Waals surface area contributed by atoms with Crippen LogP contribution >= 0.6 is 0 Å². The topological polar surface area (TPSA) is 116 Å². The first kappa shape index (κ1) is 29.3. The maximum atomic E-state index is 13.8. The highest BCUT2D eigenvalue weighted by Gasteiger charge is 2.53. The first-order valence-electron chi connectivity index (χ1n) is 13.8. The number of hydrogen-bond donors (Lipinski definition) is 0. The fraction of sp³-hybridized carbons (Fsp3) is 0.536. The molecule has 2 aromatic heterocycles. The van der Waals surface area contributed by atoms with E-state index in [0.29, 0.717) is 48.4 Å². The second-order valence-electron chi connectivity index (χ2n) is 12.6. The van der Waals surface area contributed by atoms with Gasteiger partial charge in [0.2, 0.25) is 10.0 Å². The SMILES string of the molecule is CC(C)(C)OC(=O)N1CCN(c2ncnc3c2c(B2OC(C)(C)C(C)(C)O2)cn3S(=O)(=O)Cc2ccccc2)CC1. The summed E-state index contributed by atoms with van der Waals surface area (Å²) in [4.78, 5) is 25.4. The molecule has 13 heteroatoms. The van der Waals surface area contributed by atoms with Crippen LogP contribution in [-0.4, -0.2) is 83.5 Å². The van der Waals surface area contributed by atoms with Crippen LogP contribution in [0.3, 0.4) is 0 Å². The first-order chi connectivity index (χ1) is 19.1. The molecule has 0 radical (unpaired) electrons. The van der Waals surface area contributed by atoms with Gasteiger partial charge in [0.1, 0.15) is 17.7 Å². The third-order valence-electron chi connectivity index (χ3n) is 7.79. The van der Waals surface area contributed by atoms with Gasteiger partial charge in [0.15, 0.2) is 5.65 Å².